The molecular weight excluding hydrogens is 310 g/mol. The average Bonchev–Trinajstić information content (AvgIpc) is 2.98. The molecule has 0 aliphatic rings. The van der Waals surface area contributed by atoms with Crippen LogP contribution in [0.3, 0.4) is 0 Å². The smallest absolute Gasteiger partial charge is 0.184 e. The van der Waals surface area contributed by atoms with Gasteiger partial charge in [0, 0.05) is 28.1 Å². The zero-order chi connectivity index (χ0) is 14.5. The molecule has 0 fully saturated rings. The zero-order valence-corrected chi connectivity index (χ0v) is 14.1. The number of nitrogens with zero attached hydrogens (tertiary/aromatic N) is 3. The second-order valence-corrected chi connectivity index (χ2v) is 7.12. The normalized spacial score (nSPS) is 12.8. The lowest BCUT2D eigenvalue weighted by Crippen LogP contribution is -2.09. The van der Waals surface area contributed by atoms with Crippen molar-refractivity contribution in [3.63, 3.8) is 0 Å². The molecule has 0 radical (unpaired) electrons. The van der Waals surface area contributed by atoms with Gasteiger partial charge in [0.1, 0.15) is 0 Å². The van der Waals surface area contributed by atoms with Crippen LogP contribution in [0.25, 0.3) is 0 Å². The number of nitrogens with one attached hydrogen (secondary N) is 1. The van der Waals surface area contributed by atoms with Crippen LogP contribution in [0.1, 0.15) is 21.4 Å². The summed E-state index contributed by atoms with van der Waals surface area (Å²) in [5.41, 5.74) is 5.67. The molecular formula is C12H19N5S3. The van der Waals surface area contributed by atoms with Crippen molar-refractivity contribution in [1.29, 1.82) is 0 Å². The predicted octanol–water partition coefficient (Wildman–Crippen LogP) is 2.72. The van der Waals surface area contributed by atoms with Crippen LogP contribution < -0.4 is 11.1 Å². The summed E-state index contributed by atoms with van der Waals surface area (Å²) >= 11 is 7.62. The van der Waals surface area contributed by atoms with E-state index in [0.29, 0.717) is 11.6 Å². The van der Waals surface area contributed by atoms with Gasteiger partial charge in [-0.25, -0.2) is 0 Å². The summed E-state index contributed by atoms with van der Waals surface area (Å²) in [6.45, 7) is 1.76. The van der Waals surface area contributed by atoms with E-state index >= 15 is 0 Å². The first-order chi connectivity index (χ1) is 9.56. The minimum absolute atomic E-state index is 0.233. The van der Waals surface area contributed by atoms with Gasteiger partial charge in [0.2, 0.25) is 0 Å². The monoisotopic (exact) mass is 329 g/mol. The molecule has 2 rings (SSSR count). The molecule has 0 bridgehead atoms. The number of hydrogen-bond acceptors (Lipinski definition) is 8. The van der Waals surface area contributed by atoms with Gasteiger partial charge in [-0.3, -0.25) is 0 Å². The highest BCUT2D eigenvalue weighted by Crippen LogP contribution is 2.30. The van der Waals surface area contributed by atoms with Gasteiger partial charge in [-0.1, -0.05) is 0 Å². The highest BCUT2D eigenvalue weighted by atomic mass is 32.1. The number of nitrogens with two attached hydrogens (primary N) is 1. The zero-order valence-electron chi connectivity index (χ0n) is 11.5. The summed E-state index contributed by atoms with van der Waals surface area (Å²) in [4.78, 5) is 4.84. The summed E-state index contributed by atoms with van der Waals surface area (Å²) in [7, 11) is 4.15. The average molecular weight is 330 g/mol. The largest absolute Gasteiger partial charge is 0.380 e. The minimum atomic E-state index is 0.233. The Balaban J connectivity index is 1.81. The van der Waals surface area contributed by atoms with E-state index < -0.39 is 0 Å². The molecule has 0 saturated carbocycles. The van der Waals surface area contributed by atoms with Crippen LogP contribution in [0.4, 0.5) is 11.6 Å². The lowest BCUT2D eigenvalue weighted by atomic mass is 10.2. The highest BCUT2D eigenvalue weighted by Gasteiger charge is 2.11. The molecule has 5 nitrogen and oxygen atoms in total. The van der Waals surface area contributed by atoms with Crippen LogP contribution in [0.5, 0.6) is 0 Å². The molecule has 0 saturated heterocycles. The summed E-state index contributed by atoms with van der Waals surface area (Å²) in [5.74, 6) is 1.14. The van der Waals surface area contributed by atoms with Gasteiger partial charge in [-0.05, 0) is 32.6 Å². The predicted molar refractivity (Wildman–Crippen MR) is 90.9 cm³/mol. The number of aromatic nitrogens is 2. The van der Waals surface area contributed by atoms with Gasteiger partial charge in [-0.2, -0.15) is 21.4 Å². The molecule has 3 N–H and O–H groups in total. The Bertz CT molecular complexity index is 537. The van der Waals surface area contributed by atoms with Crippen molar-refractivity contribution < 1.29 is 0 Å². The van der Waals surface area contributed by atoms with Crippen LogP contribution in [0.15, 0.2) is 12.1 Å². The van der Waals surface area contributed by atoms with Crippen LogP contribution in [0, 0.1) is 0 Å². The molecule has 2 heterocycles. The van der Waals surface area contributed by atoms with Gasteiger partial charge in [-0.15, -0.1) is 11.3 Å². The van der Waals surface area contributed by atoms with Gasteiger partial charge in [0.25, 0.3) is 0 Å². The van der Waals surface area contributed by atoms with Gasteiger partial charge >= 0.3 is 0 Å². The van der Waals surface area contributed by atoms with Crippen LogP contribution >= 0.6 is 35.7 Å². The standard InChI is InChI=1S/C12H19N5S3/c1-17(2)7-8-3-4-10(19-8)9(18)5-6-14-12-11(13)15-20-16-12/h3-4,9,18H,5-7H2,1-2H3,(H2,13,15)(H,14,16). The third-order valence-corrected chi connectivity index (χ3v) is 5.14. The summed E-state index contributed by atoms with van der Waals surface area (Å²) < 4.78 is 8.02. The number of hydrogen-bond donors (Lipinski definition) is 3. The Kier molecular flexibility index (Phi) is 5.64. The van der Waals surface area contributed by atoms with Crippen molar-refractivity contribution in [2.24, 2.45) is 0 Å². The fourth-order valence-corrected chi connectivity index (χ4v) is 3.74. The van der Waals surface area contributed by atoms with Crippen molar-refractivity contribution in [3.8, 4) is 0 Å². The van der Waals surface area contributed by atoms with E-state index in [1.54, 1.807) is 0 Å². The van der Waals surface area contributed by atoms with Crippen molar-refractivity contribution in [2.75, 3.05) is 31.7 Å². The van der Waals surface area contributed by atoms with Crippen LogP contribution in [0.2, 0.25) is 0 Å². The number of thiol groups is 1. The third-order valence-electron chi connectivity index (χ3n) is 2.71. The van der Waals surface area contributed by atoms with Crippen LogP contribution in [-0.4, -0.2) is 34.3 Å². The maximum absolute atomic E-state index is 5.67. The van der Waals surface area contributed by atoms with Crippen molar-refractivity contribution in [3.05, 3.63) is 21.9 Å². The first-order valence-electron chi connectivity index (χ1n) is 6.29. The van der Waals surface area contributed by atoms with Gasteiger partial charge in [0.05, 0.1) is 11.7 Å². The fraction of sp³-hybridized carbons (Fsp3) is 0.500. The maximum Gasteiger partial charge on any atom is 0.184 e. The second kappa shape index (κ2) is 7.26. The molecule has 0 spiro atoms. The van der Waals surface area contributed by atoms with Gasteiger partial charge < -0.3 is 16.0 Å². The number of anilines is 2. The molecule has 2 aromatic heterocycles. The molecule has 110 valence electrons. The Hall–Kier alpha value is -0.830. The molecule has 0 aromatic carbocycles. The Morgan fingerprint density at radius 1 is 1.40 bits per heavy atom. The highest BCUT2D eigenvalue weighted by molar-refractivity contribution is 7.80. The van der Waals surface area contributed by atoms with E-state index in [0.717, 1.165) is 31.2 Å². The molecule has 20 heavy (non-hydrogen) atoms. The molecule has 1 atom stereocenters. The molecule has 8 heteroatoms. The summed E-state index contributed by atoms with van der Waals surface area (Å²) in [6, 6.07) is 4.35. The van der Waals surface area contributed by atoms with E-state index in [2.05, 4.69) is 57.8 Å². The topological polar surface area (TPSA) is 67.1 Å². The quantitative estimate of drug-likeness (QED) is 0.682. The number of thiophene rings is 1. The van der Waals surface area contributed by atoms with Crippen molar-refractivity contribution in [1.82, 2.24) is 13.6 Å². The van der Waals surface area contributed by atoms with Crippen molar-refractivity contribution >= 4 is 47.3 Å². The number of nitrogen functional groups attached to an aromatic ring is 1. The first-order valence-corrected chi connectivity index (χ1v) is 8.36. The van der Waals surface area contributed by atoms with E-state index in [9.17, 15) is 0 Å². The van der Waals surface area contributed by atoms with E-state index in [1.807, 2.05) is 11.3 Å². The lowest BCUT2D eigenvalue weighted by Gasteiger charge is -2.10. The van der Waals surface area contributed by atoms with E-state index in [-0.39, 0.29) is 5.25 Å². The lowest BCUT2D eigenvalue weighted by molar-refractivity contribution is 0.406. The Morgan fingerprint density at radius 3 is 2.85 bits per heavy atom. The molecule has 0 aliphatic carbocycles. The SMILES string of the molecule is CN(C)Cc1ccc(C(S)CCNc2nsnc2N)s1. The number of rotatable bonds is 7. The minimum Gasteiger partial charge on any atom is -0.380 e. The third kappa shape index (κ3) is 4.34. The Labute approximate surface area is 132 Å². The maximum atomic E-state index is 5.67. The molecule has 0 aliphatic heterocycles. The second-order valence-electron chi connectivity index (χ2n) is 4.77. The Morgan fingerprint density at radius 2 is 2.20 bits per heavy atom. The summed E-state index contributed by atoms with van der Waals surface area (Å²) in [6.07, 6.45) is 0.919. The molecule has 0 amide bonds. The molecule has 1 unspecified atom stereocenters. The van der Waals surface area contributed by atoms with E-state index in [1.165, 1.54) is 9.75 Å². The molecule has 2 aromatic rings. The van der Waals surface area contributed by atoms with Gasteiger partial charge in [0.15, 0.2) is 11.6 Å². The van der Waals surface area contributed by atoms with Crippen molar-refractivity contribution in [2.45, 2.75) is 18.2 Å². The summed E-state index contributed by atoms with van der Waals surface area (Å²) in [5, 5.41) is 3.42. The fourth-order valence-electron chi connectivity index (χ4n) is 1.76. The van der Waals surface area contributed by atoms with E-state index in [4.69, 9.17) is 5.73 Å². The first kappa shape index (κ1) is 15.6. The van der Waals surface area contributed by atoms with Crippen LogP contribution in [-0.2, 0) is 6.54 Å².